The molecule has 1 atom stereocenters. The topological polar surface area (TPSA) is 65.5 Å². The first-order chi connectivity index (χ1) is 14.3. The monoisotopic (exact) mass is 434 g/mol. The zero-order chi connectivity index (χ0) is 21.8. The van der Waals surface area contributed by atoms with E-state index in [4.69, 9.17) is 4.74 Å². The first-order valence-corrected chi connectivity index (χ1v) is 10.8. The molecule has 0 aromatic heterocycles. The molecule has 9 heteroatoms. The number of aliphatic imine (C=N–C) groups is 1. The molecule has 0 radical (unpaired) electrons. The minimum absolute atomic E-state index is 0.187. The summed E-state index contributed by atoms with van der Waals surface area (Å²) in [4.78, 5) is 34.8. The summed E-state index contributed by atoms with van der Waals surface area (Å²) in [7, 11) is 3.12. The predicted octanol–water partition coefficient (Wildman–Crippen LogP) is 3.27. The minimum Gasteiger partial charge on any atom is -0.410 e. The highest BCUT2D eigenvalue weighted by Crippen LogP contribution is 2.34. The molecule has 3 rings (SSSR count). The number of halogens is 1. The van der Waals surface area contributed by atoms with Crippen molar-refractivity contribution >= 4 is 35.0 Å². The van der Waals surface area contributed by atoms with Gasteiger partial charge < -0.3 is 14.5 Å². The van der Waals surface area contributed by atoms with Gasteiger partial charge in [0.25, 0.3) is 5.91 Å². The molecule has 162 valence electrons. The molecule has 7 nitrogen and oxygen atoms in total. The van der Waals surface area contributed by atoms with Crippen LogP contribution in [0.3, 0.4) is 0 Å². The Bertz CT molecular complexity index is 883. The molecule has 2 amide bonds. The summed E-state index contributed by atoms with van der Waals surface area (Å²) in [5.41, 5.74) is 0.319. The van der Waals surface area contributed by atoms with Crippen LogP contribution in [0.5, 0.6) is 5.75 Å². The fraction of sp³-hybridized carbons (Fsp3) is 0.476. The van der Waals surface area contributed by atoms with E-state index < -0.39 is 11.9 Å². The first-order valence-electron chi connectivity index (χ1n) is 10.0. The average molecular weight is 435 g/mol. The van der Waals surface area contributed by atoms with Gasteiger partial charge in [-0.1, -0.05) is 13.8 Å². The van der Waals surface area contributed by atoms with Crippen LogP contribution >= 0.6 is 11.8 Å². The predicted molar refractivity (Wildman–Crippen MR) is 117 cm³/mol. The highest BCUT2D eigenvalue weighted by Gasteiger charge is 2.33. The Balaban J connectivity index is 1.75. The highest BCUT2D eigenvalue weighted by atomic mass is 32.2. The second-order valence-corrected chi connectivity index (χ2v) is 8.37. The van der Waals surface area contributed by atoms with E-state index in [2.05, 4.69) is 28.6 Å². The lowest BCUT2D eigenvalue weighted by Crippen LogP contribution is -2.38. The van der Waals surface area contributed by atoms with E-state index in [1.807, 2.05) is 0 Å². The Morgan fingerprint density at radius 3 is 2.77 bits per heavy atom. The molecule has 0 bridgehead atoms. The third-order valence-electron chi connectivity index (χ3n) is 5.19. The van der Waals surface area contributed by atoms with Gasteiger partial charge in [0.05, 0.1) is 4.91 Å². The van der Waals surface area contributed by atoms with Gasteiger partial charge in [0.2, 0.25) is 0 Å². The lowest BCUT2D eigenvalue weighted by molar-refractivity contribution is -0.113. The van der Waals surface area contributed by atoms with Gasteiger partial charge in [0.1, 0.15) is 11.6 Å². The van der Waals surface area contributed by atoms with Crippen molar-refractivity contribution in [2.24, 2.45) is 4.99 Å². The molecule has 2 aliphatic heterocycles. The van der Waals surface area contributed by atoms with Crippen LogP contribution in [0.25, 0.3) is 6.08 Å². The first kappa shape index (κ1) is 22.3. The van der Waals surface area contributed by atoms with Gasteiger partial charge in [0.15, 0.2) is 5.17 Å². The fourth-order valence-corrected chi connectivity index (χ4v) is 4.48. The molecule has 2 aliphatic rings. The van der Waals surface area contributed by atoms with Crippen LogP contribution in [0.4, 0.5) is 9.18 Å². The Morgan fingerprint density at radius 1 is 1.37 bits per heavy atom. The van der Waals surface area contributed by atoms with Gasteiger partial charge in [0, 0.05) is 38.8 Å². The van der Waals surface area contributed by atoms with Gasteiger partial charge in [-0.2, -0.15) is 4.99 Å². The molecule has 2 heterocycles. The van der Waals surface area contributed by atoms with E-state index in [9.17, 15) is 14.0 Å². The Hall–Kier alpha value is -2.39. The Labute approximate surface area is 180 Å². The summed E-state index contributed by atoms with van der Waals surface area (Å²) >= 11 is 1.28. The Kier molecular flexibility index (Phi) is 7.14. The van der Waals surface area contributed by atoms with E-state index in [1.165, 1.54) is 40.9 Å². The molecule has 1 aromatic carbocycles. The molecule has 30 heavy (non-hydrogen) atoms. The van der Waals surface area contributed by atoms with Crippen molar-refractivity contribution in [2.75, 3.05) is 40.3 Å². The van der Waals surface area contributed by atoms with E-state index in [0.29, 0.717) is 21.7 Å². The van der Waals surface area contributed by atoms with Crippen LogP contribution < -0.4 is 4.74 Å². The van der Waals surface area contributed by atoms with Crippen molar-refractivity contribution in [1.82, 2.24) is 14.7 Å². The average Bonchev–Trinajstić information content (AvgIpc) is 3.32. The Morgan fingerprint density at radius 2 is 2.10 bits per heavy atom. The number of benzene rings is 1. The van der Waals surface area contributed by atoms with E-state index >= 15 is 0 Å². The number of hydrogen-bond acceptors (Lipinski definition) is 6. The van der Waals surface area contributed by atoms with Gasteiger partial charge in [-0.15, -0.1) is 0 Å². The maximum atomic E-state index is 13.8. The van der Waals surface area contributed by atoms with E-state index in [0.717, 1.165) is 32.6 Å². The van der Waals surface area contributed by atoms with Gasteiger partial charge in [-0.3, -0.25) is 9.69 Å². The van der Waals surface area contributed by atoms with Gasteiger partial charge in [-0.25, -0.2) is 9.18 Å². The maximum Gasteiger partial charge on any atom is 0.414 e. The largest absolute Gasteiger partial charge is 0.414 e. The summed E-state index contributed by atoms with van der Waals surface area (Å²) in [5.74, 6) is -0.660. The number of rotatable bonds is 5. The number of thioether (sulfide) groups is 1. The molecule has 0 saturated carbocycles. The van der Waals surface area contributed by atoms with Crippen LogP contribution in [0.1, 0.15) is 25.8 Å². The summed E-state index contributed by atoms with van der Waals surface area (Å²) in [6, 6.07) is 4.28. The lowest BCUT2D eigenvalue weighted by atomic mass is 10.2. The highest BCUT2D eigenvalue weighted by molar-refractivity contribution is 8.18. The maximum absolute atomic E-state index is 13.8. The minimum atomic E-state index is -0.580. The van der Waals surface area contributed by atoms with E-state index in [1.54, 1.807) is 14.1 Å². The normalized spacial score (nSPS) is 20.3. The van der Waals surface area contributed by atoms with Crippen molar-refractivity contribution in [3.05, 3.63) is 34.5 Å². The zero-order valence-electron chi connectivity index (χ0n) is 17.7. The number of carbonyl (C=O) groups is 2. The lowest BCUT2D eigenvalue weighted by Gasteiger charge is -2.26. The number of ether oxygens (including phenoxy) is 1. The zero-order valence-corrected chi connectivity index (χ0v) is 18.5. The number of hydrogen-bond donors (Lipinski definition) is 0. The van der Waals surface area contributed by atoms with Crippen molar-refractivity contribution < 1.29 is 18.7 Å². The second kappa shape index (κ2) is 9.61. The standard InChI is InChI=1S/C21H27FN4O3S/c1-5-25(6-2)16-9-10-26(13-16)20-23-19(27)18(30-20)12-14-11-15(22)7-8-17(14)29-21(28)24(3)4/h7-8,11-12,16H,5-6,9-10,13H2,1-4H3/b18-12-. The number of amides is 2. The molecule has 0 spiro atoms. The van der Waals surface area contributed by atoms with Crippen LogP contribution in [0.2, 0.25) is 0 Å². The van der Waals surface area contributed by atoms with Crippen molar-refractivity contribution in [3.8, 4) is 5.75 Å². The number of nitrogens with zero attached hydrogens (tertiary/aromatic N) is 4. The SMILES string of the molecule is CCN(CC)C1CCN(C2=NC(=O)/C(=C/c3cc(F)ccc3OC(=O)N(C)C)S2)C1. The van der Waals surface area contributed by atoms with Crippen LogP contribution in [0, 0.1) is 5.82 Å². The molecular formula is C21H27FN4O3S. The summed E-state index contributed by atoms with van der Waals surface area (Å²) in [6.45, 7) is 7.97. The van der Waals surface area contributed by atoms with Crippen LogP contribution in [0.15, 0.2) is 28.1 Å². The summed E-state index contributed by atoms with van der Waals surface area (Å²) in [5, 5.41) is 0.671. The van der Waals surface area contributed by atoms with Gasteiger partial charge >= 0.3 is 6.09 Å². The molecule has 1 aromatic rings. The molecule has 1 saturated heterocycles. The van der Waals surface area contributed by atoms with Crippen molar-refractivity contribution in [1.29, 1.82) is 0 Å². The summed E-state index contributed by atoms with van der Waals surface area (Å²) < 4.78 is 19.1. The smallest absolute Gasteiger partial charge is 0.410 e. The fourth-order valence-electron chi connectivity index (χ4n) is 3.54. The quantitative estimate of drug-likeness (QED) is 0.663. The number of carbonyl (C=O) groups excluding carboxylic acids is 2. The van der Waals surface area contributed by atoms with Crippen molar-refractivity contribution in [3.63, 3.8) is 0 Å². The molecular weight excluding hydrogens is 407 g/mol. The number of likely N-dealkylation sites (tertiary alicyclic amines) is 1. The molecule has 0 N–H and O–H groups in total. The van der Waals surface area contributed by atoms with Gasteiger partial charge in [-0.05, 0) is 55.5 Å². The molecule has 1 unspecified atom stereocenters. The second-order valence-electron chi connectivity index (χ2n) is 7.36. The third-order valence-corrected chi connectivity index (χ3v) is 6.24. The van der Waals surface area contributed by atoms with Crippen LogP contribution in [-0.4, -0.2) is 78.2 Å². The molecule has 0 aliphatic carbocycles. The molecule has 1 fully saturated rings. The van der Waals surface area contributed by atoms with Crippen LogP contribution in [-0.2, 0) is 4.79 Å². The number of likely N-dealkylation sites (N-methyl/N-ethyl adjacent to an activating group) is 1. The summed E-state index contributed by atoms with van der Waals surface area (Å²) in [6.07, 6.45) is 1.98. The van der Waals surface area contributed by atoms with Crippen molar-refractivity contribution in [2.45, 2.75) is 26.3 Å². The number of amidine groups is 1. The van der Waals surface area contributed by atoms with E-state index in [-0.39, 0.29) is 11.7 Å². The third kappa shape index (κ3) is 5.02.